The predicted octanol–water partition coefficient (Wildman–Crippen LogP) is 2.21. The fourth-order valence-electron chi connectivity index (χ4n) is 1.38. The Labute approximate surface area is 103 Å². The second-order valence-electron chi connectivity index (χ2n) is 5.00. The van der Waals surface area contributed by atoms with Crippen LogP contribution >= 0.6 is 11.6 Å². The number of alkyl halides is 1. The number of esters is 1. The minimum atomic E-state index is -0.450. The van der Waals surface area contributed by atoms with Gasteiger partial charge in [0.25, 0.3) is 0 Å². The number of hydrogen-bond donors (Lipinski definition) is 0. The molecule has 0 unspecified atom stereocenters. The van der Waals surface area contributed by atoms with Crippen LogP contribution in [0.25, 0.3) is 0 Å². The molecule has 0 aliphatic heterocycles. The molecule has 0 aliphatic carbocycles. The van der Waals surface area contributed by atoms with Gasteiger partial charge >= 0.3 is 5.97 Å². The van der Waals surface area contributed by atoms with E-state index in [9.17, 15) is 4.79 Å². The van der Waals surface area contributed by atoms with Crippen molar-refractivity contribution < 1.29 is 14.4 Å². The van der Waals surface area contributed by atoms with Crippen molar-refractivity contribution in [1.82, 2.24) is 5.06 Å². The van der Waals surface area contributed by atoms with E-state index in [1.807, 2.05) is 27.7 Å². The number of carbonyl (C=O) groups excluding carboxylic acids is 1. The summed E-state index contributed by atoms with van der Waals surface area (Å²) in [6.45, 7) is 8.14. The fraction of sp³-hybridized carbons (Fsp3) is 0.909. The van der Waals surface area contributed by atoms with Crippen LogP contribution in [0, 0.1) is 0 Å². The summed E-state index contributed by atoms with van der Waals surface area (Å²) in [5.74, 6) is -0.264. The maximum Gasteiger partial charge on any atom is 0.307 e. The van der Waals surface area contributed by atoms with E-state index < -0.39 is 10.4 Å². The van der Waals surface area contributed by atoms with E-state index in [1.54, 1.807) is 12.2 Å². The summed E-state index contributed by atoms with van der Waals surface area (Å²) in [7, 11) is 2.95. The van der Waals surface area contributed by atoms with Crippen molar-refractivity contribution in [2.45, 2.75) is 44.5 Å². The van der Waals surface area contributed by atoms with Crippen molar-refractivity contribution >= 4 is 17.6 Å². The van der Waals surface area contributed by atoms with Gasteiger partial charge in [0.05, 0.1) is 31.1 Å². The van der Waals surface area contributed by atoms with Crippen molar-refractivity contribution in [3.05, 3.63) is 0 Å². The van der Waals surface area contributed by atoms with Crippen LogP contribution < -0.4 is 0 Å². The van der Waals surface area contributed by atoms with E-state index >= 15 is 0 Å². The highest BCUT2D eigenvalue weighted by atomic mass is 35.5. The lowest BCUT2D eigenvalue weighted by Crippen LogP contribution is -2.49. The number of ether oxygens (including phenoxy) is 1. The van der Waals surface area contributed by atoms with Crippen LogP contribution in [0.1, 0.15) is 34.1 Å². The van der Waals surface area contributed by atoms with Crippen LogP contribution in [0.15, 0.2) is 0 Å². The number of hydroxylamine groups is 2. The van der Waals surface area contributed by atoms with Gasteiger partial charge in [-0.3, -0.25) is 4.79 Å². The van der Waals surface area contributed by atoms with E-state index in [4.69, 9.17) is 16.4 Å². The summed E-state index contributed by atoms with van der Waals surface area (Å²) < 4.78 is 4.66. The van der Waals surface area contributed by atoms with Crippen molar-refractivity contribution in [2.75, 3.05) is 20.8 Å². The third-order valence-electron chi connectivity index (χ3n) is 2.22. The molecule has 0 N–H and O–H groups in total. The lowest BCUT2D eigenvalue weighted by molar-refractivity contribution is -0.201. The number of halogens is 1. The molecular formula is C11H22ClNO3. The molecule has 0 aliphatic rings. The Bertz CT molecular complexity index is 236. The van der Waals surface area contributed by atoms with Crippen molar-refractivity contribution in [3.63, 3.8) is 0 Å². The summed E-state index contributed by atoms with van der Waals surface area (Å²) in [5, 5.41) is 1.71. The standard InChI is InChI=1S/C11H22ClNO3/c1-10(2,12)8-13(16-6)11(3,4)7-9(14)15-5/h7-8H2,1-6H3. The van der Waals surface area contributed by atoms with Crippen LogP contribution in [0.2, 0.25) is 0 Å². The lowest BCUT2D eigenvalue weighted by Gasteiger charge is -2.38. The Balaban J connectivity index is 4.60. The molecule has 0 saturated carbocycles. The third kappa shape index (κ3) is 5.68. The lowest BCUT2D eigenvalue weighted by atomic mass is 9.99. The van der Waals surface area contributed by atoms with E-state index in [1.165, 1.54) is 7.11 Å². The number of nitrogens with zero attached hydrogens (tertiary/aromatic N) is 1. The first-order valence-corrected chi connectivity index (χ1v) is 5.57. The summed E-state index contributed by atoms with van der Waals surface area (Å²) in [4.78, 5) is 16.1. The maximum absolute atomic E-state index is 11.3. The number of methoxy groups -OCH3 is 1. The molecule has 0 aromatic carbocycles. The molecule has 0 radical (unpaired) electrons. The first kappa shape index (κ1) is 15.7. The Morgan fingerprint density at radius 1 is 1.25 bits per heavy atom. The number of hydrogen-bond acceptors (Lipinski definition) is 4. The Kier molecular flexibility index (Phi) is 5.73. The van der Waals surface area contributed by atoms with Gasteiger partial charge in [0.2, 0.25) is 0 Å². The minimum absolute atomic E-state index is 0.254. The van der Waals surface area contributed by atoms with Crippen LogP contribution in [0.3, 0.4) is 0 Å². The molecule has 0 aromatic rings. The maximum atomic E-state index is 11.3. The molecular weight excluding hydrogens is 230 g/mol. The van der Waals surface area contributed by atoms with Crippen LogP contribution in [0.4, 0.5) is 0 Å². The molecule has 5 heteroatoms. The van der Waals surface area contributed by atoms with Gasteiger partial charge in [-0.1, -0.05) is 0 Å². The highest BCUT2D eigenvalue weighted by Crippen LogP contribution is 2.24. The largest absolute Gasteiger partial charge is 0.469 e. The van der Waals surface area contributed by atoms with Crippen LogP contribution in [-0.2, 0) is 14.4 Å². The summed E-state index contributed by atoms with van der Waals surface area (Å²) in [6, 6.07) is 0. The van der Waals surface area contributed by atoms with Gasteiger partial charge in [0.1, 0.15) is 0 Å². The highest BCUT2D eigenvalue weighted by molar-refractivity contribution is 6.23. The molecule has 4 nitrogen and oxygen atoms in total. The van der Waals surface area contributed by atoms with Gasteiger partial charge in [0, 0.05) is 6.54 Å². The van der Waals surface area contributed by atoms with Gasteiger partial charge in [-0.2, -0.15) is 5.06 Å². The van der Waals surface area contributed by atoms with Crippen molar-refractivity contribution in [3.8, 4) is 0 Å². The fourth-order valence-corrected chi connectivity index (χ4v) is 1.49. The molecule has 0 spiro atoms. The highest BCUT2D eigenvalue weighted by Gasteiger charge is 2.33. The van der Waals surface area contributed by atoms with E-state index in [0.717, 1.165) is 0 Å². The van der Waals surface area contributed by atoms with Gasteiger partial charge in [0.15, 0.2) is 0 Å². The zero-order valence-corrected chi connectivity index (χ0v) is 11.7. The third-order valence-corrected chi connectivity index (χ3v) is 2.34. The first-order valence-electron chi connectivity index (χ1n) is 5.20. The molecule has 0 amide bonds. The normalized spacial score (nSPS) is 13.0. The van der Waals surface area contributed by atoms with Gasteiger partial charge < -0.3 is 9.57 Å². The average Bonchev–Trinajstić information content (AvgIpc) is 2.11. The predicted molar refractivity (Wildman–Crippen MR) is 64.4 cm³/mol. The second kappa shape index (κ2) is 5.84. The molecule has 0 bridgehead atoms. The molecule has 16 heavy (non-hydrogen) atoms. The van der Waals surface area contributed by atoms with Crippen molar-refractivity contribution in [2.24, 2.45) is 0 Å². The van der Waals surface area contributed by atoms with Gasteiger partial charge in [-0.25, -0.2) is 0 Å². The van der Waals surface area contributed by atoms with Gasteiger partial charge in [-0.15, -0.1) is 11.6 Å². The quantitative estimate of drug-likeness (QED) is 0.412. The van der Waals surface area contributed by atoms with Crippen molar-refractivity contribution in [1.29, 1.82) is 0 Å². The Morgan fingerprint density at radius 2 is 1.75 bits per heavy atom. The summed E-state index contributed by atoms with van der Waals surface area (Å²) in [6.07, 6.45) is 0.254. The SMILES string of the molecule is COC(=O)CC(C)(C)N(CC(C)(C)Cl)OC. The topological polar surface area (TPSA) is 38.8 Å². The van der Waals surface area contributed by atoms with E-state index in [-0.39, 0.29) is 12.4 Å². The Hall–Kier alpha value is -0.320. The van der Waals surface area contributed by atoms with E-state index in [2.05, 4.69) is 4.74 Å². The number of rotatable bonds is 6. The molecule has 0 rings (SSSR count). The molecule has 0 atom stereocenters. The van der Waals surface area contributed by atoms with Gasteiger partial charge in [-0.05, 0) is 27.7 Å². The zero-order chi connectivity index (χ0) is 13.0. The first-order chi connectivity index (χ1) is 7.12. The smallest absolute Gasteiger partial charge is 0.307 e. The monoisotopic (exact) mass is 251 g/mol. The molecule has 96 valence electrons. The summed E-state index contributed by atoms with van der Waals surface area (Å²) >= 11 is 6.15. The second-order valence-corrected chi connectivity index (χ2v) is 6.03. The average molecular weight is 252 g/mol. The van der Waals surface area contributed by atoms with Crippen LogP contribution in [-0.4, -0.2) is 42.2 Å². The minimum Gasteiger partial charge on any atom is -0.469 e. The molecule has 0 fully saturated rings. The van der Waals surface area contributed by atoms with E-state index in [0.29, 0.717) is 6.54 Å². The Morgan fingerprint density at radius 3 is 2.06 bits per heavy atom. The summed E-state index contributed by atoms with van der Waals surface area (Å²) in [5.41, 5.74) is -0.450. The van der Waals surface area contributed by atoms with Crippen LogP contribution in [0.5, 0.6) is 0 Å². The zero-order valence-electron chi connectivity index (χ0n) is 11.0. The molecule has 0 heterocycles. The molecule has 0 aromatic heterocycles. The molecule has 0 saturated heterocycles. The number of carbonyl (C=O) groups is 1.